The lowest BCUT2D eigenvalue weighted by atomic mass is 10.1. The molecule has 102 valence electrons. The molecule has 0 aliphatic carbocycles. The molecule has 1 N–H and O–H groups in total. The van der Waals surface area contributed by atoms with Gasteiger partial charge in [-0.25, -0.2) is 0 Å². The molecule has 2 unspecified atom stereocenters. The molecular formula is C16H20ClNO. The van der Waals surface area contributed by atoms with Gasteiger partial charge in [0.15, 0.2) is 0 Å². The van der Waals surface area contributed by atoms with Crippen molar-refractivity contribution >= 4 is 11.6 Å². The molecule has 1 aromatic heterocycles. The lowest BCUT2D eigenvalue weighted by Gasteiger charge is -2.20. The molecule has 0 fully saturated rings. The molecule has 0 aliphatic heterocycles. The number of rotatable bonds is 6. The molecule has 0 spiro atoms. The van der Waals surface area contributed by atoms with E-state index in [-0.39, 0.29) is 0 Å². The van der Waals surface area contributed by atoms with Crippen LogP contribution >= 0.6 is 11.6 Å². The Kier molecular flexibility index (Phi) is 5.06. The van der Waals surface area contributed by atoms with Gasteiger partial charge >= 0.3 is 0 Å². The molecular weight excluding hydrogens is 258 g/mol. The second kappa shape index (κ2) is 6.78. The molecule has 0 saturated heterocycles. The van der Waals surface area contributed by atoms with Gasteiger partial charge in [0, 0.05) is 23.5 Å². The van der Waals surface area contributed by atoms with E-state index in [0.29, 0.717) is 12.1 Å². The Labute approximate surface area is 119 Å². The Balaban J connectivity index is 1.81. The first-order valence-corrected chi connectivity index (χ1v) is 7.07. The number of hydrogen-bond acceptors (Lipinski definition) is 2. The lowest BCUT2D eigenvalue weighted by Crippen LogP contribution is -2.29. The predicted octanol–water partition coefficient (Wildman–Crippen LogP) is 4.60. The summed E-state index contributed by atoms with van der Waals surface area (Å²) in [6.07, 6.45) is 3.75. The van der Waals surface area contributed by atoms with E-state index < -0.39 is 0 Å². The van der Waals surface area contributed by atoms with Crippen molar-refractivity contribution in [2.45, 2.75) is 38.8 Å². The van der Waals surface area contributed by atoms with E-state index in [1.165, 1.54) is 5.56 Å². The summed E-state index contributed by atoms with van der Waals surface area (Å²) in [5.74, 6) is 1.05. The monoisotopic (exact) mass is 277 g/mol. The highest BCUT2D eigenvalue weighted by Gasteiger charge is 2.10. The van der Waals surface area contributed by atoms with Crippen LogP contribution < -0.4 is 5.32 Å². The second-order valence-electron chi connectivity index (χ2n) is 4.96. The number of halogens is 1. The minimum absolute atomic E-state index is 0.323. The first-order valence-electron chi connectivity index (χ1n) is 6.69. The third kappa shape index (κ3) is 4.41. The van der Waals surface area contributed by atoms with E-state index in [1.807, 2.05) is 24.3 Å². The first kappa shape index (κ1) is 14.2. The maximum absolute atomic E-state index is 5.90. The van der Waals surface area contributed by atoms with Crippen LogP contribution in [-0.2, 0) is 6.42 Å². The summed E-state index contributed by atoms with van der Waals surface area (Å²) in [4.78, 5) is 0. The van der Waals surface area contributed by atoms with Gasteiger partial charge in [0.1, 0.15) is 5.76 Å². The van der Waals surface area contributed by atoms with Gasteiger partial charge in [-0.05, 0) is 50.1 Å². The summed E-state index contributed by atoms with van der Waals surface area (Å²) in [7, 11) is 0. The summed E-state index contributed by atoms with van der Waals surface area (Å²) in [5.41, 5.74) is 1.26. The zero-order valence-corrected chi connectivity index (χ0v) is 12.2. The van der Waals surface area contributed by atoms with E-state index in [9.17, 15) is 0 Å². The average Bonchev–Trinajstić information content (AvgIpc) is 2.90. The number of aryl methyl sites for hydroxylation is 1. The normalized spacial score (nSPS) is 14.3. The SMILES string of the molecule is CC(CCc1ccco1)NC(C)c1ccc(Cl)cc1. The molecule has 19 heavy (non-hydrogen) atoms. The standard InChI is InChI=1S/C16H20ClNO/c1-12(5-10-16-4-3-11-19-16)18-13(2)14-6-8-15(17)9-7-14/h3-4,6-9,11-13,18H,5,10H2,1-2H3. The van der Waals surface area contributed by atoms with Crippen LogP contribution in [0, 0.1) is 0 Å². The maximum Gasteiger partial charge on any atom is 0.103 e. The Morgan fingerprint density at radius 3 is 2.53 bits per heavy atom. The fourth-order valence-electron chi connectivity index (χ4n) is 2.17. The Bertz CT molecular complexity index is 478. The molecule has 0 aliphatic rings. The molecule has 1 aromatic carbocycles. The summed E-state index contributed by atoms with van der Waals surface area (Å²) in [5, 5.41) is 4.37. The molecule has 2 nitrogen and oxygen atoms in total. The fraction of sp³-hybridized carbons (Fsp3) is 0.375. The highest BCUT2D eigenvalue weighted by molar-refractivity contribution is 6.30. The van der Waals surface area contributed by atoms with Crippen molar-refractivity contribution in [3.05, 3.63) is 59.0 Å². The van der Waals surface area contributed by atoms with Crippen LogP contribution in [0.25, 0.3) is 0 Å². The van der Waals surface area contributed by atoms with Crippen molar-refractivity contribution < 1.29 is 4.42 Å². The minimum Gasteiger partial charge on any atom is -0.469 e. The second-order valence-corrected chi connectivity index (χ2v) is 5.40. The van der Waals surface area contributed by atoms with Crippen LogP contribution in [0.1, 0.15) is 37.6 Å². The van der Waals surface area contributed by atoms with Gasteiger partial charge in [-0.1, -0.05) is 23.7 Å². The van der Waals surface area contributed by atoms with E-state index in [0.717, 1.165) is 23.6 Å². The zero-order valence-electron chi connectivity index (χ0n) is 11.4. The van der Waals surface area contributed by atoms with Crippen LogP contribution in [0.15, 0.2) is 47.1 Å². The van der Waals surface area contributed by atoms with Gasteiger partial charge in [-0.3, -0.25) is 0 Å². The van der Waals surface area contributed by atoms with Crippen LogP contribution in [0.5, 0.6) is 0 Å². The number of hydrogen-bond donors (Lipinski definition) is 1. The highest BCUT2D eigenvalue weighted by Crippen LogP contribution is 2.17. The highest BCUT2D eigenvalue weighted by atomic mass is 35.5. The number of nitrogens with one attached hydrogen (secondary N) is 1. The molecule has 0 radical (unpaired) electrons. The first-order chi connectivity index (χ1) is 9.15. The van der Waals surface area contributed by atoms with Gasteiger partial charge in [-0.15, -0.1) is 0 Å². The zero-order chi connectivity index (χ0) is 13.7. The van der Waals surface area contributed by atoms with Gasteiger partial charge in [-0.2, -0.15) is 0 Å². The molecule has 0 amide bonds. The Morgan fingerprint density at radius 2 is 1.89 bits per heavy atom. The maximum atomic E-state index is 5.90. The molecule has 1 heterocycles. The van der Waals surface area contributed by atoms with Crippen molar-refractivity contribution in [2.24, 2.45) is 0 Å². The Hall–Kier alpha value is -1.25. The quantitative estimate of drug-likeness (QED) is 0.834. The number of benzene rings is 1. The third-order valence-corrected chi connectivity index (χ3v) is 3.56. The summed E-state index contributed by atoms with van der Waals surface area (Å²) < 4.78 is 5.34. The Morgan fingerprint density at radius 1 is 1.16 bits per heavy atom. The molecule has 2 atom stereocenters. The van der Waals surface area contributed by atoms with Crippen LogP contribution in [-0.4, -0.2) is 6.04 Å². The molecule has 3 heteroatoms. The summed E-state index contributed by atoms with van der Waals surface area (Å²) in [6.45, 7) is 4.38. The molecule has 2 aromatic rings. The van der Waals surface area contributed by atoms with Gasteiger partial charge < -0.3 is 9.73 Å². The van der Waals surface area contributed by atoms with Crippen molar-refractivity contribution in [1.82, 2.24) is 5.32 Å². The smallest absolute Gasteiger partial charge is 0.103 e. The van der Waals surface area contributed by atoms with Crippen LogP contribution in [0.4, 0.5) is 0 Å². The van der Waals surface area contributed by atoms with E-state index in [2.05, 4.69) is 31.3 Å². The summed E-state index contributed by atoms with van der Waals surface area (Å²) in [6, 6.07) is 12.7. The van der Waals surface area contributed by atoms with Gasteiger partial charge in [0.05, 0.1) is 6.26 Å². The third-order valence-electron chi connectivity index (χ3n) is 3.31. The average molecular weight is 278 g/mol. The van der Waals surface area contributed by atoms with Crippen LogP contribution in [0.2, 0.25) is 5.02 Å². The van der Waals surface area contributed by atoms with E-state index in [1.54, 1.807) is 6.26 Å². The van der Waals surface area contributed by atoms with E-state index >= 15 is 0 Å². The molecule has 2 rings (SSSR count). The van der Waals surface area contributed by atoms with Gasteiger partial charge in [0.25, 0.3) is 0 Å². The van der Waals surface area contributed by atoms with E-state index in [4.69, 9.17) is 16.0 Å². The lowest BCUT2D eigenvalue weighted by molar-refractivity contribution is 0.430. The molecule has 0 saturated carbocycles. The number of furan rings is 1. The minimum atomic E-state index is 0.323. The predicted molar refractivity (Wildman–Crippen MR) is 79.5 cm³/mol. The van der Waals surface area contributed by atoms with Crippen molar-refractivity contribution in [3.63, 3.8) is 0 Å². The molecule has 0 bridgehead atoms. The van der Waals surface area contributed by atoms with Crippen molar-refractivity contribution in [2.75, 3.05) is 0 Å². The van der Waals surface area contributed by atoms with Gasteiger partial charge in [0.2, 0.25) is 0 Å². The summed E-state index contributed by atoms with van der Waals surface area (Å²) >= 11 is 5.90. The van der Waals surface area contributed by atoms with Crippen LogP contribution in [0.3, 0.4) is 0 Å². The topological polar surface area (TPSA) is 25.2 Å². The van der Waals surface area contributed by atoms with Crippen molar-refractivity contribution in [3.8, 4) is 0 Å². The largest absolute Gasteiger partial charge is 0.469 e. The fourth-order valence-corrected chi connectivity index (χ4v) is 2.30. The van der Waals surface area contributed by atoms with Crippen molar-refractivity contribution in [1.29, 1.82) is 0 Å².